The Hall–Kier alpha value is -3.13. The summed E-state index contributed by atoms with van der Waals surface area (Å²) in [7, 11) is 0. The normalized spacial score (nSPS) is 12.1. The van der Waals surface area contributed by atoms with Gasteiger partial charge in [0.25, 0.3) is 5.56 Å². The van der Waals surface area contributed by atoms with Gasteiger partial charge in [0.2, 0.25) is 5.91 Å². The number of nitrogens with two attached hydrogens (primary N) is 1. The molecule has 2 aromatic carbocycles. The number of amides is 3. The predicted molar refractivity (Wildman–Crippen MR) is 114 cm³/mol. The van der Waals surface area contributed by atoms with Crippen molar-refractivity contribution in [1.29, 1.82) is 0 Å². The van der Waals surface area contributed by atoms with E-state index >= 15 is 0 Å². The number of aromatic nitrogens is 2. The Morgan fingerprint density at radius 2 is 1.76 bits per heavy atom. The molecule has 0 saturated heterocycles. The van der Waals surface area contributed by atoms with E-state index in [0.29, 0.717) is 21.7 Å². The van der Waals surface area contributed by atoms with Gasteiger partial charge < -0.3 is 5.73 Å². The number of urea groups is 1. The van der Waals surface area contributed by atoms with Crippen LogP contribution in [0.5, 0.6) is 0 Å². The zero-order valence-corrected chi connectivity index (χ0v) is 17.2. The van der Waals surface area contributed by atoms with E-state index in [1.807, 2.05) is 45.0 Å². The molecule has 0 fully saturated rings. The Kier molecular flexibility index (Phi) is 6.03. The molecule has 0 aliphatic rings. The summed E-state index contributed by atoms with van der Waals surface area (Å²) in [5.41, 5.74) is 7.14. The van der Waals surface area contributed by atoms with E-state index in [1.165, 1.54) is 4.57 Å². The van der Waals surface area contributed by atoms with Crippen LogP contribution in [0.25, 0.3) is 16.6 Å². The molecule has 0 bridgehead atoms. The molecule has 0 saturated carbocycles. The molecular formula is C21H22N4O3S. The number of carbonyl (C=O) groups is 2. The number of primary amides is 1. The van der Waals surface area contributed by atoms with Gasteiger partial charge in [-0.15, -0.1) is 0 Å². The Morgan fingerprint density at radius 3 is 2.38 bits per heavy atom. The number of hydrogen-bond acceptors (Lipinski definition) is 5. The number of fused-ring (bicyclic) bond motifs is 1. The second-order valence-electron chi connectivity index (χ2n) is 7.02. The van der Waals surface area contributed by atoms with E-state index in [1.54, 1.807) is 24.3 Å². The van der Waals surface area contributed by atoms with Crippen LogP contribution in [0.15, 0.2) is 58.5 Å². The molecule has 0 unspecified atom stereocenters. The van der Waals surface area contributed by atoms with Crippen LogP contribution in [0, 0.1) is 12.8 Å². The van der Waals surface area contributed by atoms with E-state index in [2.05, 4.69) is 10.3 Å². The van der Waals surface area contributed by atoms with Crippen molar-refractivity contribution < 1.29 is 9.59 Å². The van der Waals surface area contributed by atoms with Gasteiger partial charge in [-0.25, -0.2) is 9.78 Å². The van der Waals surface area contributed by atoms with Gasteiger partial charge in [0.05, 0.1) is 21.8 Å². The number of imide groups is 1. The fourth-order valence-corrected chi connectivity index (χ4v) is 4.02. The average molecular weight is 410 g/mol. The second kappa shape index (κ2) is 8.48. The van der Waals surface area contributed by atoms with Gasteiger partial charge in [-0.3, -0.25) is 19.5 Å². The molecule has 7 nitrogen and oxygen atoms in total. The zero-order valence-electron chi connectivity index (χ0n) is 16.4. The van der Waals surface area contributed by atoms with E-state index in [0.717, 1.165) is 17.3 Å². The van der Waals surface area contributed by atoms with Gasteiger partial charge in [0.1, 0.15) is 0 Å². The molecule has 29 heavy (non-hydrogen) atoms. The standard InChI is InChI=1S/C21H22N4O3S/c1-12(2)17(18(26)24-20(22)28)29-21-23-16-7-5-4-6-15(16)19(27)25(21)14-10-8-13(3)9-11-14/h4-12,17H,1-3H3,(H3,22,24,26,28)/t17-/m1/s1. The van der Waals surface area contributed by atoms with Crippen LogP contribution in [-0.4, -0.2) is 26.7 Å². The van der Waals surface area contributed by atoms with Crippen molar-refractivity contribution in [3.8, 4) is 5.69 Å². The number of thioether (sulfide) groups is 1. The lowest BCUT2D eigenvalue weighted by Gasteiger charge is -2.21. The van der Waals surface area contributed by atoms with Gasteiger partial charge in [0.15, 0.2) is 5.16 Å². The SMILES string of the molecule is Cc1ccc(-n2c(S[C@@H](C(=O)NC(N)=O)C(C)C)nc3ccccc3c2=O)cc1. The van der Waals surface area contributed by atoms with Crippen molar-refractivity contribution in [3.05, 3.63) is 64.4 Å². The minimum atomic E-state index is -0.913. The van der Waals surface area contributed by atoms with Gasteiger partial charge in [0, 0.05) is 0 Å². The molecule has 1 aromatic heterocycles. The average Bonchev–Trinajstić information content (AvgIpc) is 2.66. The van der Waals surface area contributed by atoms with Crippen LogP contribution in [-0.2, 0) is 4.79 Å². The molecule has 0 aliphatic carbocycles. The number of aryl methyl sites for hydroxylation is 1. The lowest BCUT2D eigenvalue weighted by Crippen LogP contribution is -2.42. The first-order chi connectivity index (χ1) is 13.8. The number of rotatable bonds is 5. The maximum atomic E-state index is 13.3. The van der Waals surface area contributed by atoms with Gasteiger partial charge >= 0.3 is 6.03 Å². The molecule has 3 amide bonds. The Morgan fingerprint density at radius 1 is 1.10 bits per heavy atom. The number of carbonyl (C=O) groups excluding carboxylic acids is 2. The third-order valence-electron chi connectivity index (χ3n) is 4.38. The molecule has 1 atom stereocenters. The summed E-state index contributed by atoms with van der Waals surface area (Å²) in [6.45, 7) is 5.67. The van der Waals surface area contributed by atoms with Crippen molar-refractivity contribution in [2.75, 3.05) is 0 Å². The minimum absolute atomic E-state index is 0.130. The maximum Gasteiger partial charge on any atom is 0.318 e. The summed E-state index contributed by atoms with van der Waals surface area (Å²) in [5.74, 6) is -0.649. The van der Waals surface area contributed by atoms with Gasteiger partial charge in [-0.2, -0.15) is 0 Å². The third kappa shape index (κ3) is 4.48. The highest BCUT2D eigenvalue weighted by Gasteiger charge is 2.27. The smallest absolute Gasteiger partial charge is 0.318 e. The summed E-state index contributed by atoms with van der Waals surface area (Å²) in [6, 6.07) is 13.7. The molecular weight excluding hydrogens is 388 g/mol. The molecule has 1 heterocycles. The summed E-state index contributed by atoms with van der Waals surface area (Å²) in [4.78, 5) is 41.6. The summed E-state index contributed by atoms with van der Waals surface area (Å²) < 4.78 is 1.50. The van der Waals surface area contributed by atoms with Crippen LogP contribution in [0.2, 0.25) is 0 Å². The van der Waals surface area contributed by atoms with Crippen LogP contribution < -0.4 is 16.6 Å². The first-order valence-electron chi connectivity index (χ1n) is 9.13. The van der Waals surface area contributed by atoms with Crippen molar-refractivity contribution >= 4 is 34.6 Å². The molecule has 3 N–H and O–H groups in total. The largest absolute Gasteiger partial charge is 0.351 e. The minimum Gasteiger partial charge on any atom is -0.351 e. The molecule has 150 valence electrons. The molecule has 0 radical (unpaired) electrons. The van der Waals surface area contributed by atoms with Gasteiger partial charge in [-0.1, -0.05) is 55.4 Å². The molecule has 3 rings (SSSR count). The number of benzene rings is 2. The van der Waals surface area contributed by atoms with E-state index in [9.17, 15) is 14.4 Å². The second-order valence-corrected chi connectivity index (χ2v) is 8.13. The van der Waals surface area contributed by atoms with Crippen molar-refractivity contribution in [2.24, 2.45) is 11.7 Å². The Labute approximate surface area is 172 Å². The topological polar surface area (TPSA) is 107 Å². The zero-order chi connectivity index (χ0) is 21.1. The van der Waals surface area contributed by atoms with Crippen LogP contribution in [0.3, 0.4) is 0 Å². The molecule has 0 aliphatic heterocycles. The van der Waals surface area contributed by atoms with Crippen LogP contribution in [0.4, 0.5) is 4.79 Å². The van der Waals surface area contributed by atoms with Crippen LogP contribution in [0.1, 0.15) is 19.4 Å². The number of nitrogens with zero attached hydrogens (tertiary/aromatic N) is 2. The van der Waals surface area contributed by atoms with E-state index in [4.69, 9.17) is 5.73 Å². The Bertz CT molecular complexity index is 1120. The number of hydrogen-bond donors (Lipinski definition) is 2. The lowest BCUT2D eigenvalue weighted by atomic mass is 10.1. The number of nitrogens with one attached hydrogen (secondary N) is 1. The lowest BCUT2D eigenvalue weighted by molar-refractivity contribution is -0.120. The highest BCUT2D eigenvalue weighted by atomic mass is 32.2. The highest BCUT2D eigenvalue weighted by Crippen LogP contribution is 2.29. The predicted octanol–water partition coefficient (Wildman–Crippen LogP) is 3.01. The molecule has 3 aromatic rings. The van der Waals surface area contributed by atoms with Crippen molar-refractivity contribution in [3.63, 3.8) is 0 Å². The molecule has 8 heteroatoms. The number of para-hydroxylation sites is 1. The summed E-state index contributed by atoms with van der Waals surface area (Å²) in [6.07, 6.45) is 0. The first kappa shape index (κ1) is 20.6. The summed E-state index contributed by atoms with van der Waals surface area (Å²) in [5, 5.41) is 2.32. The van der Waals surface area contributed by atoms with Gasteiger partial charge in [-0.05, 0) is 37.1 Å². The fraction of sp³-hybridized carbons (Fsp3) is 0.238. The van der Waals surface area contributed by atoms with Crippen molar-refractivity contribution in [2.45, 2.75) is 31.2 Å². The third-order valence-corrected chi connectivity index (χ3v) is 5.88. The highest BCUT2D eigenvalue weighted by molar-refractivity contribution is 8.00. The summed E-state index contributed by atoms with van der Waals surface area (Å²) >= 11 is 1.13. The first-order valence-corrected chi connectivity index (χ1v) is 10.0. The fourth-order valence-electron chi connectivity index (χ4n) is 2.91. The van der Waals surface area contributed by atoms with Crippen LogP contribution >= 0.6 is 11.8 Å². The maximum absolute atomic E-state index is 13.3. The van der Waals surface area contributed by atoms with E-state index in [-0.39, 0.29) is 11.5 Å². The monoisotopic (exact) mass is 410 g/mol. The molecule has 0 spiro atoms. The quantitative estimate of drug-likeness (QED) is 0.497. The Balaban J connectivity index is 2.18. The van der Waals surface area contributed by atoms with E-state index < -0.39 is 17.2 Å². The van der Waals surface area contributed by atoms with Crippen molar-refractivity contribution in [1.82, 2.24) is 14.9 Å².